The van der Waals surface area contributed by atoms with Gasteiger partial charge in [-0.1, -0.05) is 26.0 Å². The third kappa shape index (κ3) is 4.80. The van der Waals surface area contributed by atoms with Crippen LogP contribution in [0, 0.1) is 25.7 Å². The van der Waals surface area contributed by atoms with E-state index in [1.54, 1.807) is 0 Å². The van der Waals surface area contributed by atoms with E-state index in [1.807, 2.05) is 32.0 Å². The van der Waals surface area contributed by atoms with Crippen LogP contribution in [0.25, 0.3) is 0 Å². The summed E-state index contributed by atoms with van der Waals surface area (Å²) in [6, 6.07) is 5.66. The van der Waals surface area contributed by atoms with Crippen molar-refractivity contribution >= 4 is 21.8 Å². The lowest BCUT2D eigenvalue weighted by molar-refractivity contribution is -0.116. The van der Waals surface area contributed by atoms with Crippen molar-refractivity contribution in [1.29, 1.82) is 0 Å². The Hall–Kier alpha value is -1.44. The molecule has 0 unspecified atom stereocenters. The standard InChI is InChI=1S/C18H29N3O3S/c1-13-9-14(2)11-21(10-13)25(23,24)20(5)12-18(22)19-17-8-6-7-15(3)16(17)4/h6-8,13-14H,9-12H2,1-5H3,(H,19,22)/t13-,14+. The second-order valence-electron chi connectivity index (χ2n) is 7.32. The first-order valence-electron chi connectivity index (χ1n) is 8.68. The fraction of sp³-hybridized carbons (Fsp3) is 0.611. The number of carbonyl (C=O) groups is 1. The zero-order chi connectivity index (χ0) is 18.8. The Morgan fingerprint density at radius 1 is 1.24 bits per heavy atom. The van der Waals surface area contributed by atoms with Gasteiger partial charge < -0.3 is 5.32 Å². The second kappa shape index (κ2) is 7.85. The van der Waals surface area contributed by atoms with Gasteiger partial charge in [0.2, 0.25) is 5.91 Å². The van der Waals surface area contributed by atoms with E-state index in [-0.39, 0.29) is 12.5 Å². The lowest BCUT2D eigenvalue weighted by atomic mass is 9.94. The van der Waals surface area contributed by atoms with Crippen molar-refractivity contribution in [1.82, 2.24) is 8.61 Å². The van der Waals surface area contributed by atoms with Crippen molar-refractivity contribution in [2.24, 2.45) is 11.8 Å². The maximum Gasteiger partial charge on any atom is 0.282 e. The van der Waals surface area contributed by atoms with E-state index in [0.29, 0.717) is 24.9 Å². The Morgan fingerprint density at radius 2 is 1.84 bits per heavy atom. The maximum atomic E-state index is 12.8. The molecule has 0 aliphatic carbocycles. The Labute approximate surface area is 151 Å². The van der Waals surface area contributed by atoms with Crippen LogP contribution in [0.3, 0.4) is 0 Å². The molecule has 7 heteroatoms. The summed E-state index contributed by atoms with van der Waals surface area (Å²) in [6.45, 7) is 8.85. The molecule has 1 fully saturated rings. The van der Waals surface area contributed by atoms with Crippen molar-refractivity contribution in [3.05, 3.63) is 29.3 Å². The quantitative estimate of drug-likeness (QED) is 0.869. The minimum Gasteiger partial charge on any atom is -0.325 e. The number of nitrogens with zero attached hydrogens (tertiary/aromatic N) is 2. The fourth-order valence-corrected chi connectivity index (χ4v) is 4.91. The largest absolute Gasteiger partial charge is 0.325 e. The number of rotatable bonds is 5. The number of amides is 1. The minimum atomic E-state index is -3.63. The Morgan fingerprint density at radius 3 is 2.44 bits per heavy atom. The van der Waals surface area contributed by atoms with E-state index in [1.165, 1.54) is 11.4 Å². The first kappa shape index (κ1) is 19.9. The lowest BCUT2D eigenvalue weighted by Crippen LogP contribution is -2.49. The normalized spacial score (nSPS) is 22.2. The summed E-state index contributed by atoms with van der Waals surface area (Å²) in [5, 5.41) is 2.81. The van der Waals surface area contributed by atoms with Crippen LogP contribution in [0.4, 0.5) is 5.69 Å². The van der Waals surface area contributed by atoms with E-state index in [4.69, 9.17) is 0 Å². The fourth-order valence-electron chi connectivity index (χ4n) is 3.35. The number of likely N-dealkylation sites (N-methyl/N-ethyl adjacent to an activating group) is 1. The van der Waals surface area contributed by atoms with Gasteiger partial charge in [-0.2, -0.15) is 17.0 Å². The molecule has 1 aromatic rings. The molecule has 2 atom stereocenters. The molecule has 2 rings (SSSR count). The molecule has 0 radical (unpaired) electrons. The lowest BCUT2D eigenvalue weighted by Gasteiger charge is -2.36. The zero-order valence-corrected chi connectivity index (χ0v) is 16.6. The van der Waals surface area contributed by atoms with Gasteiger partial charge in [0.15, 0.2) is 0 Å². The zero-order valence-electron chi connectivity index (χ0n) is 15.7. The Kier molecular flexibility index (Phi) is 6.24. The molecule has 0 spiro atoms. The Bertz CT molecular complexity index is 723. The molecule has 0 saturated carbocycles. The SMILES string of the molecule is Cc1cccc(NC(=O)CN(C)S(=O)(=O)N2C[C@H](C)C[C@H](C)C2)c1C. The number of anilines is 1. The van der Waals surface area contributed by atoms with Gasteiger partial charge in [-0.3, -0.25) is 4.79 Å². The van der Waals surface area contributed by atoms with Crippen LogP contribution in [0.2, 0.25) is 0 Å². The number of hydrogen-bond acceptors (Lipinski definition) is 3. The summed E-state index contributed by atoms with van der Waals surface area (Å²) < 4.78 is 28.1. The first-order valence-corrected chi connectivity index (χ1v) is 10.1. The van der Waals surface area contributed by atoms with Crippen LogP contribution < -0.4 is 5.32 Å². The number of benzene rings is 1. The molecule has 1 aromatic carbocycles. The molecule has 25 heavy (non-hydrogen) atoms. The number of aryl methyl sites for hydroxylation is 1. The van der Waals surface area contributed by atoms with Gasteiger partial charge in [0.05, 0.1) is 6.54 Å². The molecule has 1 aliphatic heterocycles. The highest BCUT2D eigenvalue weighted by atomic mass is 32.2. The van der Waals surface area contributed by atoms with Crippen LogP contribution in [0.5, 0.6) is 0 Å². The van der Waals surface area contributed by atoms with E-state index >= 15 is 0 Å². The summed E-state index contributed by atoms with van der Waals surface area (Å²) in [4.78, 5) is 12.3. The van der Waals surface area contributed by atoms with Crippen LogP contribution in [-0.4, -0.2) is 49.6 Å². The average molecular weight is 368 g/mol. The van der Waals surface area contributed by atoms with Crippen molar-refractivity contribution < 1.29 is 13.2 Å². The van der Waals surface area contributed by atoms with Gasteiger partial charge in [-0.05, 0) is 49.3 Å². The molecule has 1 saturated heterocycles. The van der Waals surface area contributed by atoms with Gasteiger partial charge in [0.1, 0.15) is 0 Å². The number of hydrogen-bond donors (Lipinski definition) is 1. The van der Waals surface area contributed by atoms with Gasteiger partial charge in [0.25, 0.3) is 10.2 Å². The summed E-state index contributed by atoms with van der Waals surface area (Å²) in [5.74, 6) is 0.323. The molecule has 0 bridgehead atoms. The highest BCUT2D eigenvalue weighted by Gasteiger charge is 2.33. The van der Waals surface area contributed by atoms with E-state index < -0.39 is 10.2 Å². The van der Waals surface area contributed by atoms with Crippen LogP contribution in [0.15, 0.2) is 18.2 Å². The van der Waals surface area contributed by atoms with Crippen LogP contribution in [-0.2, 0) is 15.0 Å². The smallest absolute Gasteiger partial charge is 0.282 e. The van der Waals surface area contributed by atoms with Crippen molar-refractivity contribution in [3.8, 4) is 0 Å². The Balaban J connectivity index is 2.03. The molecule has 0 aromatic heterocycles. The van der Waals surface area contributed by atoms with Gasteiger partial charge in [0, 0.05) is 25.8 Å². The first-order chi connectivity index (χ1) is 11.6. The molecular formula is C18H29N3O3S. The molecule has 140 valence electrons. The van der Waals surface area contributed by atoms with Gasteiger partial charge >= 0.3 is 0 Å². The highest BCUT2D eigenvalue weighted by Crippen LogP contribution is 2.24. The number of nitrogens with one attached hydrogen (secondary N) is 1. The molecule has 1 aliphatic rings. The number of piperidine rings is 1. The average Bonchev–Trinajstić information content (AvgIpc) is 2.50. The summed E-state index contributed by atoms with van der Waals surface area (Å²) in [7, 11) is -2.17. The van der Waals surface area contributed by atoms with Crippen LogP contribution in [0.1, 0.15) is 31.4 Å². The van der Waals surface area contributed by atoms with E-state index in [9.17, 15) is 13.2 Å². The number of carbonyl (C=O) groups excluding carboxylic acids is 1. The molecule has 1 heterocycles. The molecule has 6 nitrogen and oxygen atoms in total. The summed E-state index contributed by atoms with van der Waals surface area (Å²) in [5.41, 5.74) is 2.78. The summed E-state index contributed by atoms with van der Waals surface area (Å²) in [6.07, 6.45) is 1.03. The van der Waals surface area contributed by atoms with Crippen molar-refractivity contribution in [2.45, 2.75) is 34.1 Å². The van der Waals surface area contributed by atoms with Gasteiger partial charge in [-0.15, -0.1) is 0 Å². The predicted octanol–water partition coefficient (Wildman–Crippen LogP) is 2.40. The monoisotopic (exact) mass is 367 g/mol. The summed E-state index contributed by atoms with van der Waals surface area (Å²) >= 11 is 0. The third-order valence-electron chi connectivity index (χ3n) is 4.80. The molecular weight excluding hydrogens is 338 g/mol. The minimum absolute atomic E-state index is 0.199. The van der Waals surface area contributed by atoms with E-state index in [2.05, 4.69) is 19.2 Å². The third-order valence-corrected chi connectivity index (χ3v) is 6.67. The van der Waals surface area contributed by atoms with E-state index in [0.717, 1.165) is 27.5 Å². The highest BCUT2D eigenvalue weighted by molar-refractivity contribution is 7.86. The van der Waals surface area contributed by atoms with Gasteiger partial charge in [-0.25, -0.2) is 0 Å². The molecule has 1 amide bonds. The maximum absolute atomic E-state index is 12.8. The van der Waals surface area contributed by atoms with Crippen molar-refractivity contribution in [2.75, 3.05) is 32.0 Å². The second-order valence-corrected chi connectivity index (χ2v) is 9.36. The van der Waals surface area contributed by atoms with Crippen LogP contribution >= 0.6 is 0 Å². The van der Waals surface area contributed by atoms with Crippen molar-refractivity contribution in [3.63, 3.8) is 0 Å². The molecule has 1 N–H and O–H groups in total. The predicted molar refractivity (Wildman–Crippen MR) is 101 cm³/mol. The topological polar surface area (TPSA) is 69.7 Å².